The summed E-state index contributed by atoms with van der Waals surface area (Å²) < 4.78 is 28.3. The number of carbonyl (C=O) groups is 1. The highest BCUT2D eigenvalue weighted by molar-refractivity contribution is 7.92. The number of benzene rings is 3. The second-order valence-electron chi connectivity index (χ2n) is 7.59. The van der Waals surface area contributed by atoms with Crippen LogP contribution in [0.15, 0.2) is 71.6 Å². The molecule has 0 fully saturated rings. The number of fused-ring (bicyclic) bond motifs is 1. The molecule has 0 radical (unpaired) electrons. The number of nitrogens with one attached hydrogen (secondary N) is 1. The molecule has 30 heavy (non-hydrogen) atoms. The molecule has 0 spiro atoms. The van der Waals surface area contributed by atoms with Gasteiger partial charge in [-0.2, -0.15) is 0 Å². The van der Waals surface area contributed by atoms with Gasteiger partial charge in [-0.1, -0.05) is 42.0 Å². The van der Waals surface area contributed by atoms with E-state index in [1.54, 1.807) is 54.3 Å². The minimum Gasteiger partial charge on any atom is -0.308 e. The molecule has 5 nitrogen and oxygen atoms in total. The van der Waals surface area contributed by atoms with Crippen molar-refractivity contribution < 1.29 is 13.2 Å². The summed E-state index contributed by atoms with van der Waals surface area (Å²) in [6.45, 7) is 4.33. The lowest BCUT2D eigenvalue weighted by atomic mass is 9.99. The standard InChI is InChI=1S/C24H24N2O3S/c1-17-12-14-20(15-13-17)30(28,29)25-22-10-5-9-21(18(22)2)24(27)26-16-6-8-19-7-3-4-11-23(19)26/h3-5,7,9-15,25H,6,8,16H2,1-2H3. The highest BCUT2D eigenvalue weighted by Crippen LogP contribution is 2.30. The molecule has 0 aromatic heterocycles. The van der Waals surface area contributed by atoms with Crippen molar-refractivity contribution in [1.29, 1.82) is 0 Å². The van der Waals surface area contributed by atoms with Crippen LogP contribution in [0.4, 0.5) is 11.4 Å². The normalized spacial score (nSPS) is 13.6. The van der Waals surface area contributed by atoms with Crippen LogP contribution >= 0.6 is 0 Å². The topological polar surface area (TPSA) is 66.5 Å². The van der Waals surface area contributed by atoms with Crippen LogP contribution in [0.5, 0.6) is 0 Å². The van der Waals surface area contributed by atoms with E-state index in [0.717, 1.165) is 29.7 Å². The largest absolute Gasteiger partial charge is 0.308 e. The fourth-order valence-electron chi connectivity index (χ4n) is 3.79. The molecule has 0 aliphatic carbocycles. The van der Waals surface area contributed by atoms with Crippen LogP contribution in [-0.4, -0.2) is 20.9 Å². The predicted octanol–water partition coefficient (Wildman–Crippen LogP) is 4.70. The average molecular weight is 421 g/mol. The van der Waals surface area contributed by atoms with E-state index in [2.05, 4.69) is 4.72 Å². The minimum atomic E-state index is -3.74. The quantitative estimate of drug-likeness (QED) is 0.665. The summed E-state index contributed by atoms with van der Waals surface area (Å²) in [5.74, 6) is -0.115. The van der Waals surface area contributed by atoms with Crippen LogP contribution < -0.4 is 9.62 Å². The zero-order valence-corrected chi connectivity index (χ0v) is 17.9. The molecular weight excluding hydrogens is 396 g/mol. The molecule has 154 valence electrons. The van der Waals surface area contributed by atoms with E-state index in [0.29, 0.717) is 23.4 Å². The number of aryl methyl sites for hydroxylation is 2. The van der Waals surface area contributed by atoms with Gasteiger partial charge in [0.05, 0.1) is 10.6 Å². The first-order valence-electron chi connectivity index (χ1n) is 9.96. The maximum absolute atomic E-state index is 13.4. The first-order chi connectivity index (χ1) is 14.4. The lowest BCUT2D eigenvalue weighted by molar-refractivity contribution is 0.0984. The van der Waals surface area contributed by atoms with Crippen LogP contribution in [-0.2, 0) is 16.4 Å². The van der Waals surface area contributed by atoms with Gasteiger partial charge in [0, 0.05) is 17.8 Å². The molecule has 6 heteroatoms. The van der Waals surface area contributed by atoms with Gasteiger partial charge in [0.25, 0.3) is 15.9 Å². The molecule has 1 aliphatic heterocycles. The zero-order valence-electron chi connectivity index (χ0n) is 17.1. The van der Waals surface area contributed by atoms with Gasteiger partial charge in [0.1, 0.15) is 0 Å². The maximum atomic E-state index is 13.4. The second-order valence-corrected chi connectivity index (χ2v) is 9.27. The summed E-state index contributed by atoms with van der Waals surface area (Å²) in [5, 5.41) is 0. The van der Waals surface area contributed by atoms with Crippen LogP contribution in [0.3, 0.4) is 0 Å². The Hall–Kier alpha value is -3.12. The second kappa shape index (κ2) is 7.95. The SMILES string of the molecule is Cc1ccc(S(=O)(=O)Nc2cccc(C(=O)N3CCCc4ccccc43)c2C)cc1. The summed E-state index contributed by atoms with van der Waals surface area (Å²) in [4.78, 5) is 15.3. The van der Waals surface area contributed by atoms with Crippen LogP contribution in [0, 0.1) is 13.8 Å². The van der Waals surface area contributed by atoms with Gasteiger partial charge >= 0.3 is 0 Å². The Balaban J connectivity index is 1.65. The van der Waals surface area contributed by atoms with E-state index in [-0.39, 0.29) is 10.8 Å². The van der Waals surface area contributed by atoms with Crippen LogP contribution in [0.1, 0.15) is 33.5 Å². The smallest absolute Gasteiger partial charge is 0.261 e. The van der Waals surface area contributed by atoms with Crippen molar-refractivity contribution >= 4 is 27.3 Å². The van der Waals surface area contributed by atoms with Gasteiger partial charge in [0.2, 0.25) is 0 Å². The molecule has 4 rings (SSSR count). The van der Waals surface area contributed by atoms with Gasteiger partial charge in [-0.05, 0) is 68.1 Å². The highest BCUT2D eigenvalue weighted by Gasteiger charge is 2.25. The Morgan fingerprint density at radius 1 is 0.933 bits per heavy atom. The van der Waals surface area contributed by atoms with Gasteiger partial charge in [-0.25, -0.2) is 8.42 Å². The lowest BCUT2D eigenvalue weighted by Gasteiger charge is -2.30. The van der Waals surface area contributed by atoms with Gasteiger partial charge in [0.15, 0.2) is 0 Å². The number of hydrogen-bond acceptors (Lipinski definition) is 3. The number of carbonyl (C=O) groups excluding carboxylic acids is 1. The highest BCUT2D eigenvalue weighted by atomic mass is 32.2. The van der Waals surface area contributed by atoms with E-state index in [1.165, 1.54) is 0 Å². The first kappa shape index (κ1) is 20.2. The van der Waals surface area contributed by atoms with E-state index < -0.39 is 10.0 Å². The Morgan fingerprint density at radius 3 is 2.43 bits per heavy atom. The zero-order chi connectivity index (χ0) is 21.3. The fraction of sp³-hybridized carbons (Fsp3) is 0.208. The number of anilines is 2. The summed E-state index contributed by atoms with van der Waals surface area (Å²) in [6.07, 6.45) is 1.86. The van der Waals surface area contributed by atoms with E-state index in [4.69, 9.17) is 0 Å². The lowest BCUT2D eigenvalue weighted by Crippen LogP contribution is -2.36. The molecule has 1 N–H and O–H groups in total. The van der Waals surface area contributed by atoms with Crippen molar-refractivity contribution in [3.8, 4) is 0 Å². The molecule has 1 aliphatic rings. The fourth-order valence-corrected chi connectivity index (χ4v) is 4.91. The number of rotatable bonds is 4. The van der Waals surface area contributed by atoms with Gasteiger partial charge < -0.3 is 4.90 Å². The molecular formula is C24H24N2O3S. The molecule has 3 aromatic carbocycles. The molecule has 0 bridgehead atoms. The molecule has 0 unspecified atom stereocenters. The van der Waals surface area contributed by atoms with Crippen molar-refractivity contribution in [3.63, 3.8) is 0 Å². The Bertz CT molecular complexity index is 1200. The van der Waals surface area contributed by atoms with Gasteiger partial charge in [-0.15, -0.1) is 0 Å². The van der Waals surface area contributed by atoms with Gasteiger partial charge in [-0.3, -0.25) is 9.52 Å². The van der Waals surface area contributed by atoms with E-state index in [1.807, 2.05) is 31.2 Å². The molecule has 0 saturated carbocycles. The van der Waals surface area contributed by atoms with Crippen molar-refractivity contribution in [2.24, 2.45) is 0 Å². The monoisotopic (exact) mass is 420 g/mol. The number of nitrogens with zero attached hydrogens (tertiary/aromatic N) is 1. The Kier molecular flexibility index (Phi) is 5.35. The minimum absolute atomic E-state index is 0.115. The number of hydrogen-bond donors (Lipinski definition) is 1. The molecule has 1 amide bonds. The summed E-state index contributed by atoms with van der Waals surface area (Å²) in [6, 6.07) is 19.7. The molecule has 0 atom stereocenters. The van der Waals surface area contributed by atoms with Crippen LogP contribution in [0.2, 0.25) is 0 Å². The Labute approximate surface area is 177 Å². The maximum Gasteiger partial charge on any atom is 0.261 e. The average Bonchev–Trinajstić information content (AvgIpc) is 2.74. The number of amides is 1. The summed E-state index contributed by atoms with van der Waals surface area (Å²) in [7, 11) is -3.74. The van der Waals surface area contributed by atoms with E-state index >= 15 is 0 Å². The third-order valence-corrected chi connectivity index (χ3v) is 6.88. The van der Waals surface area contributed by atoms with E-state index in [9.17, 15) is 13.2 Å². The third kappa shape index (κ3) is 3.83. The first-order valence-corrected chi connectivity index (χ1v) is 11.4. The van der Waals surface area contributed by atoms with Crippen molar-refractivity contribution in [2.45, 2.75) is 31.6 Å². The number of para-hydroxylation sites is 1. The summed E-state index contributed by atoms with van der Waals surface area (Å²) in [5.41, 5.74) is 4.59. The molecule has 3 aromatic rings. The Morgan fingerprint density at radius 2 is 1.67 bits per heavy atom. The summed E-state index contributed by atoms with van der Waals surface area (Å²) >= 11 is 0. The third-order valence-electron chi connectivity index (χ3n) is 5.50. The number of sulfonamides is 1. The molecule has 1 heterocycles. The van der Waals surface area contributed by atoms with Crippen molar-refractivity contribution in [2.75, 3.05) is 16.2 Å². The predicted molar refractivity (Wildman–Crippen MR) is 120 cm³/mol. The molecule has 0 saturated heterocycles. The van der Waals surface area contributed by atoms with Crippen molar-refractivity contribution in [3.05, 3.63) is 89.0 Å². The van der Waals surface area contributed by atoms with Crippen molar-refractivity contribution in [1.82, 2.24) is 0 Å². The van der Waals surface area contributed by atoms with Crippen LogP contribution in [0.25, 0.3) is 0 Å².